The molecule has 0 spiro atoms. The molecule has 1 saturated carbocycles. The number of sulfonamides is 1. The first-order valence-corrected chi connectivity index (χ1v) is 8.00. The number of benzene rings is 1. The molecule has 0 aromatic heterocycles. The van der Waals surface area contributed by atoms with Gasteiger partial charge in [0.1, 0.15) is 5.82 Å². The first-order valence-electron chi connectivity index (χ1n) is 6.51. The highest BCUT2D eigenvalue weighted by atomic mass is 32.2. The van der Waals surface area contributed by atoms with Crippen LogP contribution in [0.1, 0.15) is 31.2 Å². The van der Waals surface area contributed by atoms with Crippen molar-refractivity contribution in [2.75, 3.05) is 6.54 Å². The smallest absolute Gasteiger partial charge is 0.240 e. The van der Waals surface area contributed by atoms with Crippen LogP contribution in [0.3, 0.4) is 0 Å². The molecule has 1 aromatic rings. The highest BCUT2D eigenvalue weighted by Gasteiger charge is 2.22. The summed E-state index contributed by atoms with van der Waals surface area (Å²) in [7, 11) is -3.68. The molecule has 1 aliphatic carbocycles. The second-order valence-corrected chi connectivity index (χ2v) is 6.64. The van der Waals surface area contributed by atoms with E-state index in [-0.39, 0.29) is 17.0 Å². The third kappa shape index (κ3) is 3.32. The molecular formula is C13H19FN2O2S. The Bertz CT molecular complexity index is 542. The topological polar surface area (TPSA) is 72.2 Å². The van der Waals surface area contributed by atoms with Crippen LogP contribution in [-0.4, -0.2) is 15.0 Å². The lowest BCUT2D eigenvalue weighted by atomic mass is 9.83. The summed E-state index contributed by atoms with van der Waals surface area (Å²) in [5.41, 5.74) is 5.46. The number of nitrogens with one attached hydrogen (secondary N) is 1. The van der Waals surface area contributed by atoms with Gasteiger partial charge in [-0.1, -0.05) is 25.3 Å². The van der Waals surface area contributed by atoms with Crippen molar-refractivity contribution < 1.29 is 12.8 Å². The number of nitrogens with two attached hydrogens (primary N) is 1. The van der Waals surface area contributed by atoms with Crippen molar-refractivity contribution in [3.05, 3.63) is 29.6 Å². The molecular weight excluding hydrogens is 267 g/mol. The fraction of sp³-hybridized carbons (Fsp3) is 0.538. The molecule has 19 heavy (non-hydrogen) atoms. The zero-order valence-corrected chi connectivity index (χ0v) is 11.5. The second kappa shape index (κ2) is 5.98. The van der Waals surface area contributed by atoms with Gasteiger partial charge in [-0.15, -0.1) is 0 Å². The Balaban J connectivity index is 2.07. The Morgan fingerprint density at radius 3 is 2.68 bits per heavy atom. The van der Waals surface area contributed by atoms with E-state index in [0.29, 0.717) is 12.5 Å². The van der Waals surface area contributed by atoms with Crippen LogP contribution in [-0.2, 0) is 16.6 Å². The van der Waals surface area contributed by atoms with Crippen molar-refractivity contribution in [3.8, 4) is 0 Å². The number of rotatable bonds is 6. The maximum absolute atomic E-state index is 13.5. The number of hydrogen-bond donors (Lipinski definition) is 2. The third-order valence-electron chi connectivity index (χ3n) is 3.64. The van der Waals surface area contributed by atoms with Crippen molar-refractivity contribution in [2.24, 2.45) is 11.7 Å². The third-order valence-corrected chi connectivity index (χ3v) is 5.18. The first kappa shape index (κ1) is 14.4. The Morgan fingerprint density at radius 1 is 1.37 bits per heavy atom. The van der Waals surface area contributed by atoms with E-state index in [1.54, 1.807) is 0 Å². The molecule has 1 aliphatic rings. The van der Waals surface area contributed by atoms with E-state index in [1.807, 2.05) is 0 Å². The van der Waals surface area contributed by atoms with Crippen LogP contribution < -0.4 is 10.5 Å². The van der Waals surface area contributed by atoms with Crippen LogP contribution >= 0.6 is 0 Å². The average Bonchev–Trinajstić information content (AvgIpc) is 2.32. The van der Waals surface area contributed by atoms with E-state index < -0.39 is 15.8 Å². The van der Waals surface area contributed by atoms with Gasteiger partial charge in [0.15, 0.2) is 0 Å². The number of halogens is 1. The average molecular weight is 286 g/mol. The Labute approximate surface area is 113 Å². The first-order chi connectivity index (χ1) is 9.04. The molecule has 1 fully saturated rings. The molecule has 4 nitrogen and oxygen atoms in total. The van der Waals surface area contributed by atoms with E-state index in [4.69, 9.17) is 5.73 Å². The van der Waals surface area contributed by atoms with Gasteiger partial charge in [-0.25, -0.2) is 17.5 Å². The van der Waals surface area contributed by atoms with Gasteiger partial charge in [0, 0.05) is 18.7 Å². The zero-order valence-electron chi connectivity index (χ0n) is 10.7. The molecule has 0 unspecified atom stereocenters. The molecule has 0 aliphatic heterocycles. The largest absolute Gasteiger partial charge is 0.326 e. The molecule has 0 saturated heterocycles. The van der Waals surface area contributed by atoms with Gasteiger partial charge < -0.3 is 5.73 Å². The fourth-order valence-electron chi connectivity index (χ4n) is 2.25. The summed E-state index contributed by atoms with van der Waals surface area (Å²) in [6.07, 6.45) is 4.43. The maximum Gasteiger partial charge on any atom is 0.240 e. The van der Waals surface area contributed by atoms with Crippen LogP contribution in [0.25, 0.3) is 0 Å². The fourth-order valence-corrected chi connectivity index (χ4v) is 3.55. The summed E-state index contributed by atoms with van der Waals surface area (Å²) in [6, 6.07) is 3.99. The van der Waals surface area contributed by atoms with Crippen LogP contribution in [0.5, 0.6) is 0 Å². The minimum absolute atomic E-state index is 0.0404. The summed E-state index contributed by atoms with van der Waals surface area (Å²) in [6.45, 7) is 0.263. The van der Waals surface area contributed by atoms with Gasteiger partial charge in [0.25, 0.3) is 0 Å². The number of hydrogen-bond acceptors (Lipinski definition) is 3. The molecule has 6 heteroatoms. The molecule has 0 bridgehead atoms. The van der Waals surface area contributed by atoms with Crippen LogP contribution in [0, 0.1) is 11.7 Å². The molecule has 1 aromatic carbocycles. The monoisotopic (exact) mass is 286 g/mol. The van der Waals surface area contributed by atoms with E-state index in [2.05, 4.69) is 4.72 Å². The summed E-state index contributed by atoms with van der Waals surface area (Å²) >= 11 is 0. The van der Waals surface area contributed by atoms with Crippen molar-refractivity contribution in [1.29, 1.82) is 0 Å². The Kier molecular flexibility index (Phi) is 4.54. The SMILES string of the molecule is NCc1c(F)cccc1S(=O)(=O)NCCC1CCC1. The van der Waals surface area contributed by atoms with Gasteiger partial charge in [-0.2, -0.15) is 0 Å². The molecule has 0 radical (unpaired) electrons. The van der Waals surface area contributed by atoms with Gasteiger partial charge in [0.05, 0.1) is 4.90 Å². The summed E-state index contributed by atoms with van der Waals surface area (Å²) in [4.78, 5) is -0.0522. The van der Waals surface area contributed by atoms with Gasteiger partial charge in [-0.05, 0) is 24.5 Å². The van der Waals surface area contributed by atoms with Crippen molar-refractivity contribution >= 4 is 10.0 Å². The normalized spacial score (nSPS) is 16.3. The maximum atomic E-state index is 13.5. The van der Waals surface area contributed by atoms with Crippen LogP contribution in [0.4, 0.5) is 4.39 Å². The Morgan fingerprint density at radius 2 is 2.11 bits per heavy atom. The van der Waals surface area contributed by atoms with E-state index in [0.717, 1.165) is 6.42 Å². The lowest BCUT2D eigenvalue weighted by molar-refractivity contribution is 0.297. The highest BCUT2D eigenvalue weighted by Crippen LogP contribution is 2.29. The predicted octanol–water partition coefficient (Wildman–Crippen LogP) is 1.75. The second-order valence-electron chi connectivity index (χ2n) is 4.90. The zero-order chi connectivity index (χ0) is 13.9. The molecule has 0 atom stereocenters. The lowest BCUT2D eigenvalue weighted by Crippen LogP contribution is -2.28. The highest BCUT2D eigenvalue weighted by molar-refractivity contribution is 7.89. The predicted molar refractivity (Wildman–Crippen MR) is 71.4 cm³/mol. The van der Waals surface area contributed by atoms with E-state index in [9.17, 15) is 12.8 Å². The summed E-state index contributed by atoms with van der Waals surface area (Å²) in [5, 5.41) is 0. The minimum atomic E-state index is -3.68. The molecule has 0 amide bonds. The van der Waals surface area contributed by atoms with E-state index >= 15 is 0 Å². The van der Waals surface area contributed by atoms with E-state index in [1.165, 1.54) is 37.5 Å². The van der Waals surface area contributed by atoms with Crippen molar-refractivity contribution in [2.45, 2.75) is 37.1 Å². The van der Waals surface area contributed by atoms with Gasteiger partial charge in [0.2, 0.25) is 10.0 Å². The summed E-state index contributed by atoms with van der Waals surface area (Å²) in [5.74, 6) is 0.0496. The van der Waals surface area contributed by atoms with Crippen LogP contribution in [0.2, 0.25) is 0 Å². The molecule has 106 valence electrons. The summed E-state index contributed by atoms with van der Waals surface area (Å²) < 4.78 is 40.3. The van der Waals surface area contributed by atoms with Gasteiger partial charge >= 0.3 is 0 Å². The van der Waals surface area contributed by atoms with Gasteiger partial charge in [-0.3, -0.25) is 0 Å². The molecule has 3 N–H and O–H groups in total. The molecule has 0 heterocycles. The minimum Gasteiger partial charge on any atom is -0.326 e. The standard InChI is InChI=1S/C13H19FN2O2S/c14-12-5-2-6-13(11(12)9-15)19(17,18)16-8-7-10-3-1-4-10/h2,5-6,10,16H,1,3-4,7-9,15H2. The Hall–Kier alpha value is -0.980. The van der Waals surface area contributed by atoms with Crippen LogP contribution in [0.15, 0.2) is 23.1 Å². The molecule has 2 rings (SSSR count). The quantitative estimate of drug-likeness (QED) is 0.837. The van der Waals surface area contributed by atoms with Crippen molar-refractivity contribution in [3.63, 3.8) is 0 Å². The lowest BCUT2D eigenvalue weighted by Gasteiger charge is -2.25. The van der Waals surface area contributed by atoms with Crippen molar-refractivity contribution in [1.82, 2.24) is 4.72 Å².